The Morgan fingerprint density at radius 3 is 2.43 bits per heavy atom. The predicted octanol–water partition coefficient (Wildman–Crippen LogP) is 2.41. The summed E-state index contributed by atoms with van der Waals surface area (Å²) in [6, 6.07) is 0. The Kier molecular flexibility index (Phi) is 9.65. The summed E-state index contributed by atoms with van der Waals surface area (Å²) in [4.78, 5) is 4.57. The van der Waals surface area contributed by atoms with Gasteiger partial charge in [-0.05, 0) is 38.7 Å². The molecule has 0 fully saturated rings. The Bertz CT molecular complexity index is 451. The van der Waals surface area contributed by atoms with Gasteiger partial charge in [-0.3, -0.25) is 9.67 Å². The van der Waals surface area contributed by atoms with Crippen molar-refractivity contribution < 1.29 is 0 Å². The maximum Gasteiger partial charge on any atom is 0.191 e. The number of aromatic nitrogens is 2. The smallest absolute Gasteiger partial charge is 0.191 e. The van der Waals surface area contributed by atoms with E-state index >= 15 is 0 Å². The molecule has 6 heteroatoms. The van der Waals surface area contributed by atoms with Gasteiger partial charge >= 0.3 is 0 Å². The van der Waals surface area contributed by atoms with E-state index in [1.807, 2.05) is 11.7 Å². The predicted molar refractivity (Wildman–Crippen MR) is 101 cm³/mol. The molecule has 0 aliphatic carbocycles. The first kappa shape index (κ1) is 20.2. The summed E-state index contributed by atoms with van der Waals surface area (Å²) >= 11 is 0. The van der Waals surface area contributed by atoms with E-state index in [0.29, 0.717) is 5.92 Å². The van der Waals surface area contributed by atoms with Crippen molar-refractivity contribution in [2.75, 3.05) is 19.6 Å². The van der Waals surface area contributed by atoms with E-state index in [0.717, 1.165) is 37.7 Å². The van der Waals surface area contributed by atoms with Crippen molar-refractivity contribution in [3.05, 3.63) is 17.0 Å². The van der Waals surface area contributed by atoms with Gasteiger partial charge in [-0.2, -0.15) is 5.10 Å². The minimum absolute atomic E-state index is 0. The summed E-state index contributed by atoms with van der Waals surface area (Å²) in [6.45, 7) is 13.2. The van der Waals surface area contributed by atoms with Crippen molar-refractivity contribution in [1.82, 2.24) is 20.4 Å². The molecule has 0 unspecified atom stereocenters. The van der Waals surface area contributed by atoms with E-state index in [2.05, 4.69) is 55.3 Å². The first-order chi connectivity index (χ1) is 9.45. The molecule has 0 amide bonds. The lowest BCUT2D eigenvalue weighted by atomic mass is 10.1. The van der Waals surface area contributed by atoms with Gasteiger partial charge < -0.3 is 10.6 Å². The van der Waals surface area contributed by atoms with Crippen LogP contribution in [0.1, 0.15) is 37.7 Å². The molecule has 21 heavy (non-hydrogen) atoms. The number of rotatable bonds is 6. The van der Waals surface area contributed by atoms with Gasteiger partial charge in [0.15, 0.2) is 5.96 Å². The molecule has 0 saturated heterocycles. The molecule has 0 saturated carbocycles. The Balaban J connectivity index is 0.00000400. The second-order valence-corrected chi connectivity index (χ2v) is 5.56. The summed E-state index contributed by atoms with van der Waals surface area (Å²) in [5.41, 5.74) is 3.70. The van der Waals surface area contributed by atoms with Gasteiger partial charge in [-0.15, -0.1) is 24.0 Å². The molecule has 0 atom stereocenters. The van der Waals surface area contributed by atoms with Crippen LogP contribution < -0.4 is 10.6 Å². The Hall–Kier alpha value is -0.790. The highest BCUT2D eigenvalue weighted by atomic mass is 127. The molecule has 0 radical (unpaired) electrons. The van der Waals surface area contributed by atoms with Crippen LogP contribution in [0.2, 0.25) is 0 Å². The molecule has 0 bridgehead atoms. The van der Waals surface area contributed by atoms with Crippen LogP contribution in [0.25, 0.3) is 0 Å². The minimum atomic E-state index is 0. The van der Waals surface area contributed by atoms with Crippen LogP contribution in [-0.4, -0.2) is 35.4 Å². The third-order valence-corrected chi connectivity index (χ3v) is 3.29. The van der Waals surface area contributed by atoms with Crippen molar-refractivity contribution in [2.45, 2.75) is 41.0 Å². The summed E-state index contributed by atoms with van der Waals surface area (Å²) < 4.78 is 1.95. The molecule has 1 heterocycles. The van der Waals surface area contributed by atoms with Crippen LogP contribution in [0, 0.1) is 19.8 Å². The fourth-order valence-corrected chi connectivity index (χ4v) is 2.10. The van der Waals surface area contributed by atoms with Crippen molar-refractivity contribution in [3.63, 3.8) is 0 Å². The lowest BCUT2D eigenvalue weighted by Gasteiger charge is -2.12. The third-order valence-electron chi connectivity index (χ3n) is 3.29. The summed E-state index contributed by atoms with van der Waals surface area (Å²) in [5.74, 6) is 1.48. The number of hydrogen-bond donors (Lipinski definition) is 2. The number of guanidine groups is 1. The fraction of sp³-hybridized carbons (Fsp3) is 0.733. The van der Waals surface area contributed by atoms with E-state index in [9.17, 15) is 0 Å². The second kappa shape index (κ2) is 10.0. The maximum absolute atomic E-state index is 4.57. The molecule has 1 rings (SSSR count). The molecule has 0 aliphatic rings. The number of aliphatic imine (C=N–C) groups is 1. The van der Waals surface area contributed by atoms with Crippen molar-refractivity contribution in [1.29, 1.82) is 0 Å². The average molecular weight is 407 g/mol. The lowest BCUT2D eigenvalue weighted by molar-refractivity contribution is 0.656. The average Bonchev–Trinajstić information content (AvgIpc) is 2.62. The monoisotopic (exact) mass is 407 g/mol. The SMILES string of the molecule is CCNC(=NCC(C)C)NCCc1c(C)nn(C)c1C.I. The van der Waals surface area contributed by atoms with Crippen molar-refractivity contribution in [2.24, 2.45) is 18.0 Å². The highest BCUT2D eigenvalue weighted by Crippen LogP contribution is 2.11. The van der Waals surface area contributed by atoms with Crippen LogP contribution in [0.5, 0.6) is 0 Å². The van der Waals surface area contributed by atoms with E-state index in [4.69, 9.17) is 0 Å². The van der Waals surface area contributed by atoms with Gasteiger partial charge in [0, 0.05) is 32.4 Å². The summed E-state index contributed by atoms with van der Waals surface area (Å²) in [5, 5.41) is 11.1. The van der Waals surface area contributed by atoms with E-state index < -0.39 is 0 Å². The largest absolute Gasteiger partial charge is 0.357 e. The van der Waals surface area contributed by atoms with Gasteiger partial charge in [-0.25, -0.2) is 0 Å². The van der Waals surface area contributed by atoms with E-state index in [-0.39, 0.29) is 24.0 Å². The molecule has 2 N–H and O–H groups in total. The van der Waals surface area contributed by atoms with Gasteiger partial charge in [0.2, 0.25) is 0 Å². The molecule has 1 aromatic rings. The quantitative estimate of drug-likeness (QED) is 0.433. The highest BCUT2D eigenvalue weighted by molar-refractivity contribution is 14.0. The second-order valence-electron chi connectivity index (χ2n) is 5.56. The molecular formula is C15H30IN5. The van der Waals surface area contributed by atoms with Gasteiger partial charge in [0.05, 0.1) is 5.69 Å². The minimum Gasteiger partial charge on any atom is -0.357 e. The Labute approximate surface area is 146 Å². The van der Waals surface area contributed by atoms with E-state index in [1.165, 1.54) is 11.3 Å². The lowest BCUT2D eigenvalue weighted by Crippen LogP contribution is -2.38. The first-order valence-electron chi connectivity index (χ1n) is 7.46. The first-order valence-corrected chi connectivity index (χ1v) is 7.46. The number of halogens is 1. The number of nitrogens with one attached hydrogen (secondary N) is 2. The zero-order chi connectivity index (χ0) is 15.1. The number of aryl methyl sites for hydroxylation is 2. The topological polar surface area (TPSA) is 54.2 Å². The summed E-state index contributed by atoms with van der Waals surface area (Å²) in [7, 11) is 1.99. The Morgan fingerprint density at radius 1 is 1.29 bits per heavy atom. The molecule has 122 valence electrons. The van der Waals surface area contributed by atoms with Gasteiger partial charge in [-0.1, -0.05) is 13.8 Å². The molecule has 0 aromatic carbocycles. The Morgan fingerprint density at radius 2 is 1.95 bits per heavy atom. The highest BCUT2D eigenvalue weighted by Gasteiger charge is 2.09. The molecule has 0 aliphatic heterocycles. The van der Waals surface area contributed by atoms with Gasteiger partial charge in [0.1, 0.15) is 0 Å². The zero-order valence-electron chi connectivity index (χ0n) is 14.2. The number of hydrogen-bond acceptors (Lipinski definition) is 2. The van der Waals surface area contributed by atoms with Crippen LogP contribution >= 0.6 is 24.0 Å². The third kappa shape index (κ3) is 6.67. The van der Waals surface area contributed by atoms with Crippen molar-refractivity contribution >= 4 is 29.9 Å². The standard InChI is InChI=1S/C15H29N5.HI/c1-7-16-15(18-10-11(2)3)17-9-8-14-12(4)19-20(6)13(14)5;/h11H,7-10H2,1-6H3,(H2,16,17,18);1H. The van der Waals surface area contributed by atoms with Gasteiger partial charge in [0.25, 0.3) is 0 Å². The normalized spacial score (nSPS) is 11.5. The van der Waals surface area contributed by atoms with Crippen molar-refractivity contribution in [3.8, 4) is 0 Å². The van der Waals surface area contributed by atoms with Crippen LogP contribution in [0.15, 0.2) is 4.99 Å². The molecule has 5 nitrogen and oxygen atoms in total. The van der Waals surface area contributed by atoms with E-state index in [1.54, 1.807) is 0 Å². The molecule has 0 spiro atoms. The van der Waals surface area contributed by atoms with Crippen LogP contribution in [0.3, 0.4) is 0 Å². The summed E-state index contributed by atoms with van der Waals surface area (Å²) in [6.07, 6.45) is 0.970. The fourth-order valence-electron chi connectivity index (χ4n) is 2.10. The molecule has 1 aromatic heterocycles. The zero-order valence-corrected chi connectivity index (χ0v) is 16.5. The van der Waals surface area contributed by atoms with Crippen LogP contribution in [0.4, 0.5) is 0 Å². The molecular weight excluding hydrogens is 377 g/mol. The maximum atomic E-state index is 4.57. The number of nitrogens with zero attached hydrogens (tertiary/aromatic N) is 3. The van der Waals surface area contributed by atoms with Crippen LogP contribution in [-0.2, 0) is 13.5 Å².